The molecule has 2 heterocycles. The van der Waals surface area contributed by atoms with Gasteiger partial charge in [0.2, 0.25) is 11.5 Å². The Kier molecular flexibility index (Phi) is 7.34. The number of imide groups is 1. The van der Waals surface area contributed by atoms with E-state index >= 15 is 0 Å². The van der Waals surface area contributed by atoms with Crippen LogP contribution in [0.1, 0.15) is 27.4 Å². The van der Waals surface area contributed by atoms with E-state index in [-0.39, 0.29) is 46.2 Å². The van der Waals surface area contributed by atoms with Crippen LogP contribution in [0.15, 0.2) is 63.1 Å². The van der Waals surface area contributed by atoms with Gasteiger partial charge < -0.3 is 19.2 Å². The molecule has 190 valence electrons. The lowest BCUT2D eigenvalue weighted by atomic mass is 10.1. The second-order valence-corrected chi connectivity index (χ2v) is 8.52. The third-order valence-corrected chi connectivity index (χ3v) is 5.74. The monoisotopic (exact) mass is 573 g/mol. The summed E-state index contributed by atoms with van der Waals surface area (Å²) in [4.78, 5) is 48.6. The second-order valence-electron chi connectivity index (χ2n) is 7.66. The number of furan rings is 1. The molecule has 1 aliphatic rings. The minimum atomic E-state index is -0.740. The van der Waals surface area contributed by atoms with Crippen molar-refractivity contribution in [1.82, 2.24) is 10.2 Å². The van der Waals surface area contributed by atoms with Crippen LogP contribution in [0.4, 0.5) is 14.9 Å². The molecule has 0 saturated carbocycles. The van der Waals surface area contributed by atoms with E-state index in [9.17, 15) is 28.9 Å². The minimum absolute atomic E-state index is 0.0842. The predicted molar refractivity (Wildman–Crippen MR) is 129 cm³/mol. The van der Waals surface area contributed by atoms with Gasteiger partial charge in [0.05, 0.1) is 23.1 Å². The van der Waals surface area contributed by atoms with Crippen LogP contribution in [0.25, 0.3) is 6.08 Å². The number of esters is 1. The molecule has 0 atom stereocenters. The number of urea groups is 1. The van der Waals surface area contributed by atoms with E-state index in [0.29, 0.717) is 5.56 Å². The molecule has 0 aliphatic carbocycles. The molecule has 3 amide bonds. The quantitative estimate of drug-likeness (QED) is 0.136. The van der Waals surface area contributed by atoms with Crippen LogP contribution < -0.4 is 10.1 Å². The third-order valence-electron chi connectivity index (χ3n) is 5.15. The number of halogens is 2. The number of amides is 3. The smallest absolute Gasteiger partial charge is 0.373 e. The summed E-state index contributed by atoms with van der Waals surface area (Å²) in [7, 11) is 1.19. The topological polar surface area (TPSA) is 141 Å². The summed E-state index contributed by atoms with van der Waals surface area (Å²) < 4.78 is 29.1. The summed E-state index contributed by atoms with van der Waals surface area (Å²) in [6.45, 7) is -0.374. The van der Waals surface area contributed by atoms with Gasteiger partial charge in [0.15, 0.2) is 0 Å². The van der Waals surface area contributed by atoms with E-state index in [4.69, 9.17) is 9.15 Å². The van der Waals surface area contributed by atoms with Crippen LogP contribution in [-0.2, 0) is 22.7 Å². The number of nitrogens with one attached hydrogen (secondary N) is 1. The molecule has 4 rings (SSSR count). The van der Waals surface area contributed by atoms with E-state index in [1.165, 1.54) is 55.7 Å². The molecule has 1 aliphatic heterocycles. The predicted octanol–water partition coefficient (Wildman–Crippen LogP) is 4.55. The van der Waals surface area contributed by atoms with Gasteiger partial charge >= 0.3 is 17.7 Å². The molecule has 2 aromatic carbocycles. The number of nitro groups is 1. The van der Waals surface area contributed by atoms with Crippen LogP contribution in [0.2, 0.25) is 0 Å². The highest BCUT2D eigenvalue weighted by molar-refractivity contribution is 9.10. The lowest BCUT2D eigenvalue weighted by Gasteiger charge is -2.10. The van der Waals surface area contributed by atoms with Crippen molar-refractivity contribution in [2.24, 2.45) is 0 Å². The Balaban J connectivity index is 1.55. The van der Waals surface area contributed by atoms with Crippen molar-refractivity contribution in [3.63, 3.8) is 0 Å². The Morgan fingerprint density at radius 3 is 2.73 bits per heavy atom. The Labute approximate surface area is 216 Å². The second kappa shape index (κ2) is 10.6. The molecule has 0 radical (unpaired) electrons. The third kappa shape index (κ3) is 5.67. The Morgan fingerprint density at radius 2 is 2.03 bits per heavy atom. The fourth-order valence-corrected chi connectivity index (χ4v) is 4.04. The summed E-state index contributed by atoms with van der Waals surface area (Å²) in [5.74, 6) is -1.88. The fourth-order valence-electron chi connectivity index (χ4n) is 3.45. The van der Waals surface area contributed by atoms with Crippen molar-refractivity contribution in [1.29, 1.82) is 0 Å². The molecule has 37 heavy (non-hydrogen) atoms. The van der Waals surface area contributed by atoms with Crippen molar-refractivity contribution in [3.8, 4) is 5.75 Å². The minimum Gasteiger partial charge on any atom is -0.481 e. The summed E-state index contributed by atoms with van der Waals surface area (Å²) in [6.07, 6.45) is 1.27. The average Bonchev–Trinajstić information content (AvgIpc) is 3.43. The van der Waals surface area contributed by atoms with Gasteiger partial charge in [0.1, 0.15) is 23.9 Å². The first-order valence-corrected chi connectivity index (χ1v) is 11.3. The van der Waals surface area contributed by atoms with Gasteiger partial charge in [-0.05, 0) is 63.5 Å². The first-order valence-electron chi connectivity index (χ1n) is 10.5. The summed E-state index contributed by atoms with van der Waals surface area (Å²) in [5, 5.41) is 14.1. The molecule has 0 spiro atoms. The number of hydrogen-bond acceptors (Lipinski definition) is 8. The number of carbonyl (C=O) groups excluding carboxylic acids is 3. The zero-order valence-corrected chi connectivity index (χ0v) is 20.6. The first kappa shape index (κ1) is 25.6. The van der Waals surface area contributed by atoms with Crippen molar-refractivity contribution < 1.29 is 37.6 Å². The molecule has 1 fully saturated rings. The molecule has 1 aromatic heterocycles. The molecule has 3 aromatic rings. The van der Waals surface area contributed by atoms with Crippen LogP contribution >= 0.6 is 15.9 Å². The van der Waals surface area contributed by atoms with Gasteiger partial charge in [0, 0.05) is 6.07 Å². The molecule has 0 bridgehead atoms. The molecule has 1 N–H and O–H groups in total. The molecule has 0 unspecified atom stereocenters. The van der Waals surface area contributed by atoms with Crippen molar-refractivity contribution in [2.45, 2.75) is 13.2 Å². The van der Waals surface area contributed by atoms with Crippen LogP contribution in [0.3, 0.4) is 0 Å². The molecular formula is C24H17BrFN3O8. The Bertz CT molecular complexity index is 1450. The lowest BCUT2D eigenvalue weighted by molar-refractivity contribution is -0.386. The molecular weight excluding hydrogens is 557 g/mol. The van der Waals surface area contributed by atoms with Crippen LogP contribution in [-0.4, -0.2) is 34.8 Å². The van der Waals surface area contributed by atoms with Gasteiger partial charge in [-0.25, -0.2) is 14.0 Å². The molecule has 13 heteroatoms. The van der Waals surface area contributed by atoms with Gasteiger partial charge in [0.25, 0.3) is 5.91 Å². The number of benzene rings is 2. The van der Waals surface area contributed by atoms with Gasteiger partial charge in [-0.2, -0.15) is 0 Å². The SMILES string of the molecule is COC(=O)c1ccc(CN2C(=O)N/C(=C\c3cc(Br)c(OCc4cccc(F)c4)c([N+](=O)[O-])c3)C2=O)o1. The van der Waals surface area contributed by atoms with E-state index < -0.39 is 34.3 Å². The summed E-state index contributed by atoms with van der Waals surface area (Å²) >= 11 is 3.24. The number of hydrogen-bond donors (Lipinski definition) is 1. The normalized spacial score (nSPS) is 14.1. The largest absolute Gasteiger partial charge is 0.481 e. The number of nitrogens with zero attached hydrogens (tertiary/aromatic N) is 2. The van der Waals surface area contributed by atoms with Gasteiger partial charge in [-0.3, -0.25) is 19.8 Å². The summed E-state index contributed by atoms with van der Waals surface area (Å²) in [6, 6.07) is 10.3. The van der Waals surface area contributed by atoms with E-state index in [1.807, 2.05) is 0 Å². The Morgan fingerprint density at radius 1 is 1.24 bits per heavy atom. The van der Waals surface area contributed by atoms with Crippen LogP contribution in [0.5, 0.6) is 5.75 Å². The zero-order valence-electron chi connectivity index (χ0n) is 19.0. The van der Waals surface area contributed by atoms with E-state index in [1.54, 1.807) is 6.07 Å². The van der Waals surface area contributed by atoms with Gasteiger partial charge in [-0.15, -0.1) is 0 Å². The standard InChI is InChI=1S/C24H17BrFN3O8/c1-35-23(31)20-6-5-16(37-20)11-28-22(30)18(27-24(28)32)9-14-8-17(25)21(19(10-14)29(33)34)36-12-13-3-2-4-15(26)7-13/h2-10H,11-12H2,1H3,(H,27,32)/b18-9-. The number of nitro benzene ring substituents is 1. The highest BCUT2D eigenvalue weighted by Gasteiger charge is 2.34. The fraction of sp³-hybridized carbons (Fsp3) is 0.125. The summed E-state index contributed by atoms with van der Waals surface area (Å²) in [5.41, 5.74) is 0.173. The average molecular weight is 574 g/mol. The maximum Gasteiger partial charge on any atom is 0.373 e. The van der Waals surface area contributed by atoms with E-state index in [2.05, 4.69) is 26.0 Å². The zero-order chi connectivity index (χ0) is 26.7. The number of rotatable bonds is 8. The van der Waals surface area contributed by atoms with Crippen molar-refractivity contribution >= 4 is 45.6 Å². The molecule has 11 nitrogen and oxygen atoms in total. The van der Waals surface area contributed by atoms with Crippen LogP contribution in [0, 0.1) is 15.9 Å². The number of ether oxygens (including phenoxy) is 2. The lowest BCUT2D eigenvalue weighted by Crippen LogP contribution is -2.30. The highest BCUT2D eigenvalue weighted by atomic mass is 79.9. The maximum atomic E-state index is 13.4. The van der Waals surface area contributed by atoms with Crippen molar-refractivity contribution in [2.75, 3.05) is 7.11 Å². The Hall–Kier alpha value is -4.52. The number of methoxy groups -OCH3 is 1. The maximum absolute atomic E-state index is 13.4. The van der Waals surface area contributed by atoms with Crippen molar-refractivity contribution in [3.05, 3.63) is 97.3 Å². The molecule has 1 saturated heterocycles. The number of carbonyl (C=O) groups is 3. The first-order chi connectivity index (χ1) is 17.7. The van der Waals surface area contributed by atoms with E-state index in [0.717, 1.165) is 4.90 Å². The van der Waals surface area contributed by atoms with Gasteiger partial charge in [-0.1, -0.05) is 12.1 Å². The highest BCUT2D eigenvalue weighted by Crippen LogP contribution is 2.37.